The zero-order valence-corrected chi connectivity index (χ0v) is 15.4. The molecular weight excluding hydrogens is 330 g/mol. The van der Waals surface area contributed by atoms with Crippen molar-refractivity contribution in [3.63, 3.8) is 0 Å². The summed E-state index contributed by atoms with van der Waals surface area (Å²) in [5, 5.41) is 0. The Morgan fingerprint density at radius 1 is 0.680 bits per heavy atom. The van der Waals surface area contributed by atoms with Gasteiger partial charge in [-0.1, -0.05) is 48.5 Å². The van der Waals surface area contributed by atoms with E-state index in [0.717, 1.165) is 27.9 Å². The standard InChI is InChI=1S/C21H21NO2S/c1-22(2)18-12-8-16(9-13-18)20-6-4-5-7-21(20)17-10-14-19(15-11-17)25(3,23)24/h4-15H,1-3H3. The number of nitrogens with zero attached hydrogens (tertiary/aromatic N) is 1. The monoisotopic (exact) mass is 351 g/mol. The van der Waals surface area contributed by atoms with Gasteiger partial charge in [0.15, 0.2) is 9.84 Å². The van der Waals surface area contributed by atoms with Crippen LogP contribution in [0.3, 0.4) is 0 Å². The third-order valence-electron chi connectivity index (χ3n) is 4.22. The van der Waals surface area contributed by atoms with Gasteiger partial charge in [-0.05, 0) is 46.5 Å². The fourth-order valence-corrected chi connectivity index (χ4v) is 3.44. The lowest BCUT2D eigenvalue weighted by Gasteiger charge is -2.14. The quantitative estimate of drug-likeness (QED) is 0.695. The molecule has 0 aromatic heterocycles. The van der Waals surface area contributed by atoms with E-state index in [1.165, 1.54) is 6.26 Å². The van der Waals surface area contributed by atoms with Crippen LogP contribution in [-0.2, 0) is 9.84 Å². The van der Waals surface area contributed by atoms with E-state index >= 15 is 0 Å². The summed E-state index contributed by atoms with van der Waals surface area (Å²) in [6.45, 7) is 0. The number of rotatable bonds is 4. The van der Waals surface area contributed by atoms with E-state index in [1.807, 2.05) is 38.4 Å². The van der Waals surface area contributed by atoms with Crippen LogP contribution in [0.2, 0.25) is 0 Å². The first-order valence-corrected chi connectivity index (χ1v) is 9.93. The van der Waals surface area contributed by atoms with E-state index in [0.29, 0.717) is 4.90 Å². The van der Waals surface area contributed by atoms with Crippen LogP contribution in [0.1, 0.15) is 0 Å². The number of benzene rings is 3. The Morgan fingerprint density at radius 2 is 1.12 bits per heavy atom. The van der Waals surface area contributed by atoms with Crippen molar-refractivity contribution in [2.24, 2.45) is 0 Å². The highest BCUT2D eigenvalue weighted by Gasteiger charge is 2.10. The second kappa shape index (κ2) is 6.73. The van der Waals surface area contributed by atoms with Crippen LogP contribution in [0, 0.1) is 0 Å². The van der Waals surface area contributed by atoms with Gasteiger partial charge in [0.05, 0.1) is 4.90 Å². The van der Waals surface area contributed by atoms with Gasteiger partial charge in [-0.15, -0.1) is 0 Å². The molecule has 4 heteroatoms. The van der Waals surface area contributed by atoms with Crippen LogP contribution in [0.5, 0.6) is 0 Å². The predicted octanol–water partition coefficient (Wildman–Crippen LogP) is 4.49. The molecule has 3 rings (SSSR count). The van der Waals surface area contributed by atoms with Crippen LogP contribution >= 0.6 is 0 Å². The van der Waals surface area contributed by atoms with Gasteiger partial charge in [0.25, 0.3) is 0 Å². The summed E-state index contributed by atoms with van der Waals surface area (Å²) >= 11 is 0. The SMILES string of the molecule is CN(C)c1ccc(-c2ccccc2-c2ccc(S(C)(=O)=O)cc2)cc1. The fourth-order valence-electron chi connectivity index (χ4n) is 2.81. The molecule has 0 saturated heterocycles. The van der Waals surface area contributed by atoms with Gasteiger partial charge >= 0.3 is 0 Å². The van der Waals surface area contributed by atoms with E-state index in [2.05, 4.69) is 41.3 Å². The summed E-state index contributed by atoms with van der Waals surface area (Å²) in [4.78, 5) is 2.41. The van der Waals surface area contributed by atoms with Gasteiger partial charge in [-0.25, -0.2) is 8.42 Å². The normalized spacial score (nSPS) is 11.3. The molecule has 25 heavy (non-hydrogen) atoms. The maximum atomic E-state index is 11.7. The predicted molar refractivity (Wildman–Crippen MR) is 105 cm³/mol. The molecule has 0 amide bonds. The Kier molecular flexibility index (Phi) is 4.64. The van der Waals surface area contributed by atoms with Gasteiger partial charge in [0.1, 0.15) is 0 Å². The summed E-state index contributed by atoms with van der Waals surface area (Å²) < 4.78 is 23.3. The summed E-state index contributed by atoms with van der Waals surface area (Å²) in [6.07, 6.45) is 1.22. The molecule has 3 aromatic rings. The molecule has 0 unspecified atom stereocenters. The van der Waals surface area contributed by atoms with Crippen LogP contribution in [0.15, 0.2) is 77.7 Å². The second-order valence-corrected chi connectivity index (χ2v) is 8.30. The lowest BCUT2D eigenvalue weighted by molar-refractivity contribution is 0.602. The molecular formula is C21H21NO2S. The Labute approximate surface area is 149 Å². The van der Waals surface area contributed by atoms with Crippen LogP contribution in [-0.4, -0.2) is 28.8 Å². The minimum absolute atomic E-state index is 0.337. The summed E-state index contributed by atoms with van der Waals surface area (Å²) in [5.41, 5.74) is 5.49. The molecule has 0 atom stereocenters. The molecule has 0 saturated carbocycles. The summed E-state index contributed by atoms with van der Waals surface area (Å²) in [6, 6.07) is 23.6. The second-order valence-electron chi connectivity index (χ2n) is 6.28. The molecule has 0 heterocycles. The maximum Gasteiger partial charge on any atom is 0.175 e. The van der Waals surface area contributed by atoms with Crippen molar-refractivity contribution in [3.05, 3.63) is 72.8 Å². The number of anilines is 1. The first-order chi connectivity index (χ1) is 11.9. The van der Waals surface area contributed by atoms with Crippen molar-refractivity contribution in [2.45, 2.75) is 4.90 Å². The molecule has 0 spiro atoms. The molecule has 0 aliphatic heterocycles. The number of sulfone groups is 1. The number of hydrogen-bond acceptors (Lipinski definition) is 3. The van der Waals surface area contributed by atoms with E-state index in [-0.39, 0.29) is 0 Å². The molecule has 3 nitrogen and oxygen atoms in total. The minimum atomic E-state index is -3.18. The first-order valence-electron chi connectivity index (χ1n) is 8.03. The highest BCUT2D eigenvalue weighted by Crippen LogP contribution is 2.33. The molecule has 0 bridgehead atoms. The van der Waals surface area contributed by atoms with Gasteiger partial charge in [0, 0.05) is 26.0 Å². The Bertz CT molecular complexity index is 973. The highest BCUT2D eigenvalue weighted by atomic mass is 32.2. The van der Waals surface area contributed by atoms with Gasteiger partial charge in [-0.3, -0.25) is 0 Å². The van der Waals surface area contributed by atoms with E-state index in [9.17, 15) is 8.42 Å². The van der Waals surface area contributed by atoms with Gasteiger partial charge in [0.2, 0.25) is 0 Å². The average Bonchev–Trinajstić information content (AvgIpc) is 2.61. The highest BCUT2D eigenvalue weighted by molar-refractivity contribution is 7.90. The minimum Gasteiger partial charge on any atom is -0.378 e. The fraction of sp³-hybridized carbons (Fsp3) is 0.143. The third kappa shape index (κ3) is 3.74. The molecule has 128 valence electrons. The lowest BCUT2D eigenvalue weighted by atomic mass is 9.94. The summed E-state index contributed by atoms with van der Waals surface area (Å²) in [7, 11) is 0.859. The van der Waals surface area contributed by atoms with E-state index in [4.69, 9.17) is 0 Å². The zero-order chi connectivity index (χ0) is 18.0. The van der Waals surface area contributed by atoms with Crippen molar-refractivity contribution in [1.82, 2.24) is 0 Å². The zero-order valence-electron chi connectivity index (χ0n) is 14.6. The molecule has 0 aliphatic carbocycles. The largest absolute Gasteiger partial charge is 0.378 e. The van der Waals surface area contributed by atoms with Gasteiger partial charge in [-0.2, -0.15) is 0 Å². The average molecular weight is 351 g/mol. The van der Waals surface area contributed by atoms with Crippen molar-refractivity contribution in [1.29, 1.82) is 0 Å². The molecule has 0 N–H and O–H groups in total. The Morgan fingerprint density at radius 3 is 1.52 bits per heavy atom. The van der Waals surface area contributed by atoms with Crippen molar-refractivity contribution in [3.8, 4) is 22.3 Å². The van der Waals surface area contributed by atoms with Crippen molar-refractivity contribution < 1.29 is 8.42 Å². The third-order valence-corrected chi connectivity index (χ3v) is 5.34. The first kappa shape index (κ1) is 17.2. The maximum absolute atomic E-state index is 11.7. The smallest absolute Gasteiger partial charge is 0.175 e. The van der Waals surface area contributed by atoms with Gasteiger partial charge < -0.3 is 4.90 Å². The molecule has 0 radical (unpaired) electrons. The lowest BCUT2D eigenvalue weighted by Crippen LogP contribution is -2.07. The van der Waals surface area contributed by atoms with E-state index < -0.39 is 9.84 Å². The van der Waals surface area contributed by atoms with Crippen LogP contribution in [0.4, 0.5) is 5.69 Å². The van der Waals surface area contributed by atoms with Crippen molar-refractivity contribution >= 4 is 15.5 Å². The van der Waals surface area contributed by atoms with Crippen molar-refractivity contribution in [2.75, 3.05) is 25.3 Å². The Hall–Kier alpha value is -2.59. The molecule has 0 aliphatic rings. The topological polar surface area (TPSA) is 37.4 Å². The number of hydrogen-bond donors (Lipinski definition) is 0. The molecule has 0 fully saturated rings. The van der Waals surface area contributed by atoms with E-state index in [1.54, 1.807) is 12.1 Å². The van der Waals surface area contributed by atoms with Crippen LogP contribution < -0.4 is 4.90 Å². The van der Waals surface area contributed by atoms with Crippen LogP contribution in [0.25, 0.3) is 22.3 Å². The Balaban J connectivity index is 2.04. The molecule has 3 aromatic carbocycles. The summed E-state index contributed by atoms with van der Waals surface area (Å²) in [5.74, 6) is 0.